The van der Waals surface area contributed by atoms with Crippen LogP contribution in [0.2, 0.25) is 0 Å². The number of nitrogens with one attached hydrogen (secondary N) is 3. The number of β-amino-alcohol motifs (C(OH)–C–C–N with tert-alkyl or cyclic N) is 1. The average molecular weight is 1050 g/mol. The van der Waals surface area contributed by atoms with Crippen molar-refractivity contribution < 1.29 is 79.5 Å². The van der Waals surface area contributed by atoms with Gasteiger partial charge < -0.3 is 88.1 Å². The van der Waals surface area contributed by atoms with Gasteiger partial charge in [0.15, 0.2) is 6.23 Å². The number of rotatable bonds is 28. The lowest BCUT2D eigenvalue weighted by atomic mass is 9.91. The van der Waals surface area contributed by atoms with E-state index in [-0.39, 0.29) is 43.7 Å². The van der Waals surface area contributed by atoms with Gasteiger partial charge in [-0.3, -0.25) is 33.6 Å². The zero-order valence-corrected chi connectivity index (χ0v) is 42.9. The lowest BCUT2D eigenvalue weighted by molar-refractivity contribution is -0.151. The van der Waals surface area contributed by atoms with E-state index in [4.69, 9.17) is 11.5 Å². The van der Waals surface area contributed by atoms with E-state index >= 15 is 0 Å². The number of aromatic hydroxyl groups is 1. The third-order valence-corrected chi connectivity index (χ3v) is 14.6. The van der Waals surface area contributed by atoms with Crippen molar-refractivity contribution in [3.05, 3.63) is 29.8 Å². The lowest BCUT2D eigenvalue weighted by Crippen LogP contribution is -2.64. The Morgan fingerprint density at radius 3 is 1.92 bits per heavy atom. The van der Waals surface area contributed by atoms with E-state index in [2.05, 4.69) is 36.7 Å². The number of phenolic OH excluding ortho intramolecular Hbond substituents is 1. The second kappa shape index (κ2) is 28.7. The van der Waals surface area contributed by atoms with E-state index < -0.39 is 146 Å². The van der Waals surface area contributed by atoms with Crippen molar-refractivity contribution in [2.45, 2.75) is 203 Å². The first-order valence-electron chi connectivity index (χ1n) is 26.0. The van der Waals surface area contributed by atoms with Crippen molar-refractivity contribution in [2.75, 3.05) is 19.6 Å². The molecule has 0 spiro atoms. The number of benzene rings is 1. The zero-order chi connectivity index (χ0) is 55.1. The van der Waals surface area contributed by atoms with Crippen LogP contribution in [0.4, 0.5) is 0 Å². The molecule has 0 saturated carbocycles. The summed E-state index contributed by atoms with van der Waals surface area (Å²) in [4.78, 5) is 99.0. The van der Waals surface area contributed by atoms with E-state index in [1.165, 1.54) is 18.6 Å². The van der Waals surface area contributed by atoms with Gasteiger partial charge in [-0.15, -0.1) is 0 Å². The Kier molecular flexibility index (Phi) is 23.9. The van der Waals surface area contributed by atoms with E-state index in [1.807, 2.05) is 0 Å². The Morgan fingerprint density at radius 1 is 0.716 bits per heavy atom. The molecule has 7 amide bonds. The lowest BCUT2D eigenvalue weighted by Gasteiger charge is -2.34. The van der Waals surface area contributed by atoms with Crippen LogP contribution in [0.3, 0.4) is 0 Å². The number of hydrogen-bond donors (Lipinski definition) is 14. The van der Waals surface area contributed by atoms with Gasteiger partial charge in [0.1, 0.15) is 60.3 Å². The second-order valence-electron chi connectivity index (χ2n) is 20.5. The molecule has 16 atom stereocenters. The average Bonchev–Trinajstić information content (AvgIpc) is 4.04. The molecule has 0 aliphatic carbocycles. The monoisotopic (exact) mass is 1050 g/mol. The molecular weight excluding hydrogens is 969 g/mol. The summed E-state index contributed by atoms with van der Waals surface area (Å²) in [5.41, 5.74) is 11.0. The highest BCUT2D eigenvalue weighted by molar-refractivity contribution is 5.98. The SMILES string of the molecule is CCC(C)CC(C)CCCCCCCCC(=O)N1[C@H](C(=O)N[C@H](C(=O)N2C[C@H](O)C[C@H]2C(=O)NC(C(=O)N[C@H](C(=O)N2CC[C@H](O)[C@H]2C(N)=O)[C@@H](O)CCN)[C@H](O)C(O)c2ccc(O)cc2)[C@@H](C)O)C[C@H](O)[C@@H]1O. The summed E-state index contributed by atoms with van der Waals surface area (Å²) in [5.74, 6) is -6.42. The molecule has 4 rings (SSSR count). The third kappa shape index (κ3) is 16.2. The summed E-state index contributed by atoms with van der Waals surface area (Å²) < 4.78 is 0. The van der Waals surface area contributed by atoms with Crippen LogP contribution in [0.5, 0.6) is 5.75 Å². The molecule has 24 nitrogen and oxygen atoms in total. The number of nitrogens with zero attached hydrogens (tertiary/aromatic N) is 3. The molecule has 418 valence electrons. The summed E-state index contributed by atoms with van der Waals surface area (Å²) in [5, 5.41) is 104. The molecule has 74 heavy (non-hydrogen) atoms. The second-order valence-corrected chi connectivity index (χ2v) is 20.5. The molecule has 3 saturated heterocycles. The van der Waals surface area contributed by atoms with Crippen LogP contribution in [-0.4, -0.2) is 201 Å². The van der Waals surface area contributed by atoms with Gasteiger partial charge in [0.05, 0.1) is 24.4 Å². The predicted molar refractivity (Wildman–Crippen MR) is 265 cm³/mol. The third-order valence-electron chi connectivity index (χ3n) is 14.6. The highest BCUT2D eigenvalue weighted by atomic mass is 16.4. The van der Waals surface area contributed by atoms with Crippen molar-refractivity contribution >= 4 is 41.4 Å². The number of carbonyl (C=O) groups is 7. The molecule has 16 N–H and O–H groups in total. The number of amides is 7. The van der Waals surface area contributed by atoms with Gasteiger partial charge in [0, 0.05) is 32.4 Å². The number of unbranched alkanes of at least 4 members (excludes halogenated alkanes) is 5. The maximum absolute atomic E-state index is 14.3. The predicted octanol–water partition coefficient (Wildman–Crippen LogP) is -2.79. The summed E-state index contributed by atoms with van der Waals surface area (Å²) in [6.45, 7) is 6.89. The van der Waals surface area contributed by atoms with Gasteiger partial charge >= 0.3 is 0 Å². The zero-order valence-electron chi connectivity index (χ0n) is 42.9. The molecular formula is C50H82N8O16. The van der Waals surface area contributed by atoms with Crippen molar-refractivity contribution in [3.63, 3.8) is 0 Å². The number of hydrogen-bond acceptors (Lipinski definition) is 17. The molecule has 1 aromatic carbocycles. The van der Waals surface area contributed by atoms with Crippen LogP contribution >= 0.6 is 0 Å². The normalized spacial score (nSPS) is 25.5. The first-order valence-corrected chi connectivity index (χ1v) is 26.0. The number of phenols is 1. The van der Waals surface area contributed by atoms with Gasteiger partial charge in [-0.25, -0.2) is 0 Å². The largest absolute Gasteiger partial charge is 0.508 e. The maximum Gasteiger partial charge on any atom is 0.248 e. The topological polar surface area (TPSA) is 399 Å². The van der Waals surface area contributed by atoms with Crippen molar-refractivity contribution in [3.8, 4) is 5.75 Å². The molecule has 1 aromatic rings. The number of likely N-dealkylation sites (tertiary alicyclic amines) is 3. The number of nitrogens with two attached hydrogens (primary N) is 2. The maximum atomic E-state index is 14.3. The van der Waals surface area contributed by atoms with Crippen LogP contribution < -0.4 is 27.4 Å². The molecule has 0 radical (unpaired) electrons. The van der Waals surface area contributed by atoms with Crippen LogP contribution in [-0.2, 0) is 33.6 Å². The summed E-state index contributed by atoms with van der Waals surface area (Å²) >= 11 is 0. The fraction of sp³-hybridized carbons (Fsp3) is 0.740. The van der Waals surface area contributed by atoms with Crippen molar-refractivity contribution in [2.24, 2.45) is 23.3 Å². The molecule has 0 aromatic heterocycles. The quantitative estimate of drug-likeness (QED) is 0.0377. The summed E-state index contributed by atoms with van der Waals surface area (Å²) in [6.07, 6.45) is -6.37. The highest BCUT2D eigenvalue weighted by Gasteiger charge is 2.50. The van der Waals surface area contributed by atoms with Crippen molar-refractivity contribution in [1.29, 1.82) is 0 Å². The van der Waals surface area contributed by atoms with E-state index in [9.17, 15) is 79.5 Å². The van der Waals surface area contributed by atoms with Gasteiger partial charge in [-0.2, -0.15) is 0 Å². The standard InChI is InChI=1S/C50H82N8O16/c1-5-26(2)22-27(3)12-10-8-6-7-9-11-13-37(65)58-33(24-36(64)48(58)72)46(70)53-38(28(4)59)49(73)57-25-31(61)23-32(57)45(69)55-40(43(67)42(66)29-14-16-30(60)17-15-29)47(71)54-39(34(62)18-20-51)50(74)56-21-19-35(63)41(56)44(52)68/h14-17,26-28,31-36,38-43,48,59-64,66-67,72H,5-13,18-25,51H2,1-4H3,(H2,52,68)(H,53,70)(H,54,71)(H,55,69)/t26?,27?,28-,31-,32+,33+,34+,35+,36+,38+,39+,40?,41+,42?,43+,48+/m1/s1. The number of carbonyl (C=O) groups excluding carboxylic acids is 7. The minimum absolute atomic E-state index is 0.0377. The molecule has 3 heterocycles. The van der Waals surface area contributed by atoms with Crippen LogP contribution in [0.15, 0.2) is 24.3 Å². The Bertz CT molecular complexity index is 2030. The first kappa shape index (κ1) is 61.5. The Morgan fingerprint density at radius 2 is 1.31 bits per heavy atom. The van der Waals surface area contributed by atoms with Crippen LogP contribution in [0.1, 0.15) is 129 Å². The van der Waals surface area contributed by atoms with Crippen LogP contribution in [0.25, 0.3) is 0 Å². The molecule has 3 aliphatic heterocycles. The van der Waals surface area contributed by atoms with Gasteiger partial charge in [0.25, 0.3) is 0 Å². The molecule has 3 aliphatic rings. The highest BCUT2D eigenvalue weighted by Crippen LogP contribution is 2.29. The smallest absolute Gasteiger partial charge is 0.248 e. The van der Waals surface area contributed by atoms with Gasteiger partial charge in [0.2, 0.25) is 41.4 Å². The van der Waals surface area contributed by atoms with Gasteiger partial charge in [-0.05, 0) is 68.7 Å². The summed E-state index contributed by atoms with van der Waals surface area (Å²) in [6, 6.07) is -6.05. The van der Waals surface area contributed by atoms with Crippen LogP contribution in [0, 0.1) is 11.8 Å². The van der Waals surface area contributed by atoms with E-state index in [0.29, 0.717) is 18.3 Å². The van der Waals surface area contributed by atoms with Gasteiger partial charge in [-0.1, -0.05) is 77.8 Å². The van der Waals surface area contributed by atoms with E-state index in [0.717, 1.165) is 78.7 Å². The molecule has 24 heteroatoms. The summed E-state index contributed by atoms with van der Waals surface area (Å²) in [7, 11) is 0. The number of aliphatic hydroxyl groups is 8. The number of primary amides is 1. The molecule has 3 fully saturated rings. The Balaban J connectivity index is 1.50. The molecule has 0 bridgehead atoms. The minimum Gasteiger partial charge on any atom is -0.508 e. The Labute approximate surface area is 431 Å². The fourth-order valence-electron chi connectivity index (χ4n) is 10.1. The Hall–Kier alpha value is -5.05. The molecule has 4 unspecified atom stereocenters. The van der Waals surface area contributed by atoms with E-state index in [1.54, 1.807) is 0 Å². The fourth-order valence-corrected chi connectivity index (χ4v) is 10.1. The number of aliphatic hydroxyl groups excluding tert-OH is 8. The first-order chi connectivity index (χ1) is 34.9. The van der Waals surface area contributed by atoms with Crippen molar-refractivity contribution in [1.82, 2.24) is 30.7 Å². The minimum atomic E-state index is -2.29.